The van der Waals surface area contributed by atoms with Gasteiger partial charge in [-0.2, -0.15) is 0 Å². The fraction of sp³-hybridized carbons (Fsp3) is 0.200. The summed E-state index contributed by atoms with van der Waals surface area (Å²) < 4.78 is 13.4. The fourth-order valence-electron chi connectivity index (χ4n) is 2.32. The summed E-state index contributed by atoms with van der Waals surface area (Å²) in [6, 6.07) is 4.38. The van der Waals surface area contributed by atoms with E-state index in [1.807, 2.05) is 6.92 Å². The summed E-state index contributed by atoms with van der Waals surface area (Å²) in [4.78, 5) is 19.4. The number of hydrogen-bond acceptors (Lipinski definition) is 8. The number of aromatic nitrogens is 6. The molecule has 0 aliphatic rings. The van der Waals surface area contributed by atoms with Crippen LogP contribution in [0.1, 0.15) is 11.9 Å². The van der Waals surface area contributed by atoms with Crippen LogP contribution in [0.15, 0.2) is 23.4 Å². The molecule has 11 heteroatoms. The van der Waals surface area contributed by atoms with E-state index in [0.29, 0.717) is 26.8 Å². The number of amides is 1. The molecule has 1 aromatic carbocycles. The van der Waals surface area contributed by atoms with Crippen LogP contribution in [0.4, 0.5) is 9.52 Å². The van der Waals surface area contributed by atoms with Crippen LogP contribution in [0.3, 0.4) is 0 Å². The Morgan fingerprint density at radius 2 is 2.19 bits per heavy atom. The third-order valence-corrected chi connectivity index (χ3v) is 5.33. The Kier molecular flexibility index (Phi) is 4.47. The van der Waals surface area contributed by atoms with Crippen molar-refractivity contribution in [2.24, 2.45) is 0 Å². The lowest BCUT2D eigenvalue weighted by atomic mass is 10.2. The number of nitrogens with zero attached hydrogens (tertiary/aromatic N) is 5. The molecular formula is C15H12FN7OS2. The number of aryl methyl sites for hydroxylation is 1. The Morgan fingerprint density at radius 3 is 3.00 bits per heavy atom. The van der Waals surface area contributed by atoms with Gasteiger partial charge in [-0.3, -0.25) is 10.1 Å². The zero-order valence-corrected chi connectivity index (χ0v) is 15.1. The third-order valence-electron chi connectivity index (χ3n) is 3.51. The van der Waals surface area contributed by atoms with Gasteiger partial charge in [0.2, 0.25) is 16.2 Å². The molecule has 3 aromatic heterocycles. The summed E-state index contributed by atoms with van der Waals surface area (Å²) in [5.74, 6) is -0.460. The first-order chi connectivity index (χ1) is 12.6. The van der Waals surface area contributed by atoms with Crippen molar-refractivity contribution >= 4 is 56.2 Å². The number of carbonyl (C=O) groups is 1. The number of anilines is 1. The molecule has 0 saturated carbocycles. The van der Waals surface area contributed by atoms with Crippen molar-refractivity contribution in [3.63, 3.8) is 0 Å². The van der Waals surface area contributed by atoms with Gasteiger partial charge in [0.25, 0.3) is 0 Å². The molecule has 4 rings (SSSR count). The quantitative estimate of drug-likeness (QED) is 0.505. The maximum atomic E-state index is 13.4. The minimum atomic E-state index is -0.349. The highest BCUT2D eigenvalue weighted by molar-refractivity contribution is 7.99. The van der Waals surface area contributed by atoms with E-state index in [9.17, 15) is 9.18 Å². The molecule has 0 aliphatic heterocycles. The number of carbonyl (C=O) groups excluding carboxylic acids is 1. The Morgan fingerprint density at radius 1 is 1.31 bits per heavy atom. The number of thioether (sulfide) groups is 1. The largest absolute Gasteiger partial charge is 0.338 e. The van der Waals surface area contributed by atoms with E-state index in [-0.39, 0.29) is 17.5 Å². The van der Waals surface area contributed by atoms with Gasteiger partial charge in [-0.15, -0.1) is 20.4 Å². The van der Waals surface area contributed by atoms with E-state index < -0.39 is 0 Å². The van der Waals surface area contributed by atoms with Gasteiger partial charge in [-0.05, 0) is 24.6 Å². The second kappa shape index (κ2) is 6.92. The number of rotatable bonds is 5. The SMILES string of the molecule is CCc1nnc(NC(=O)CSc2nnc3c(n2)[nH]c2ccc(F)cc23)s1. The third kappa shape index (κ3) is 3.35. The standard InChI is InChI=1S/C15H12FN7OS2/c1-2-11-20-23-15(26-11)18-10(24)6-25-14-19-13-12(21-22-14)8-5-7(16)3-4-9(8)17-13/h3-5H,2,6H2,1H3,(H,17,19,22)(H,18,23,24). The van der Waals surface area contributed by atoms with Crippen LogP contribution in [0.25, 0.3) is 22.1 Å². The Bertz CT molecular complexity index is 1110. The molecule has 0 spiro atoms. The molecule has 0 aliphatic carbocycles. The molecule has 0 fully saturated rings. The fourth-order valence-corrected chi connectivity index (χ4v) is 3.60. The Hall–Kier alpha value is -2.66. The number of fused-ring (bicyclic) bond motifs is 3. The lowest BCUT2D eigenvalue weighted by Gasteiger charge is -2.00. The number of aromatic amines is 1. The van der Waals surface area contributed by atoms with E-state index in [1.54, 1.807) is 6.07 Å². The van der Waals surface area contributed by atoms with Crippen LogP contribution in [-0.2, 0) is 11.2 Å². The molecule has 132 valence electrons. The zero-order valence-electron chi connectivity index (χ0n) is 13.5. The molecule has 0 saturated heterocycles. The van der Waals surface area contributed by atoms with Gasteiger partial charge < -0.3 is 4.98 Å². The van der Waals surface area contributed by atoms with Crippen LogP contribution in [0.2, 0.25) is 0 Å². The van der Waals surface area contributed by atoms with Crippen LogP contribution in [-0.4, -0.2) is 42.0 Å². The van der Waals surface area contributed by atoms with Crippen molar-refractivity contribution < 1.29 is 9.18 Å². The monoisotopic (exact) mass is 389 g/mol. The topological polar surface area (TPSA) is 109 Å². The predicted molar refractivity (Wildman–Crippen MR) is 97.8 cm³/mol. The summed E-state index contributed by atoms with van der Waals surface area (Å²) in [5, 5.41) is 21.0. The number of benzene rings is 1. The Balaban J connectivity index is 1.46. The van der Waals surface area contributed by atoms with E-state index in [0.717, 1.165) is 28.7 Å². The maximum absolute atomic E-state index is 13.4. The summed E-state index contributed by atoms with van der Waals surface area (Å²) >= 11 is 2.50. The minimum absolute atomic E-state index is 0.114. The second-order valence-corrected chi connectivity index (χ2v) is 7.30. The Labute approximate surface area is 154 Å². The van der Waals surface area contributed by atoms with Crippen molar-refractivity contribution in [1.29, 1.82) is 0 Å². The molecule has 0 radical (unpaired) electrons. The van der Waals surface area contributed by atoms with Crippen molar-refractivity contribution in [1.82, 2.24) is 30.4 Å². The molecule has 1 amide bonds. The minimum Gasteiger partial charge on any atom is -0.338 e. The van der Waals surface area contributed by atoms with Gasteiger partial charge in [0.05, 0.1) is 5.75 Å². The highest BCUT2D eigenvalue weighted by Crippen LogP contribution is 2.24. The second-order valence-electron chi connectivity index (χ2n) is 5.30. The first-order valence-electron chi connectivity index (χ1n) is 7.69. The molecule has 26 heavy (non-hydrogen) atoms. The van der Waals surface area contributed by atoms with Gasteiger partial charge in [0.1, 0.15) is 16.3 Å². The molecule has 4 aromatic rings. The summed E-state index contributed by atoms with van der Waals surface area (Å²) in [6.45, 7) is 1.97. The van der Waals surface area contributed by atoms with Crippen LogP contribution >= 0.6 is 23.1 Å². The smallest absolute Gasteiger partial charge is 0.236 e. The average Bonchev–Trinajstić information content (AvgIpc) is 3.23. The first-order valence-corrected chi connectivity index (χ1v) is 9.49. The maximum Gasteiger partial charge on any atom is 0.236 e. The van der Waals surface area contributed by atoms with Gasteiger partial charge in [0.15, 0.2) is 5.65 Å². The molecule has 3 heterocycles. The van der Waals surface area contributed by atoms with Gasteiger partial charge in [-0.25, -0.2) is 9.37 Å². The molecule has 0 unspecified atom stereocenters. The zero-order chi connectivity index (χ0) is 18.1. The normalized spacial score (nSPS) is 11.3. The first kappa shape index (κ1) is 16.8. The van der Waals surface area contributed by atoms with Crippen LogP contribution in [0, 0.1) is 5.82 Å². The van der Waals surface area contributed by atoms with E-state index in [1.165, 1.54) is 23.5 Å². The predicted octanol–water partition coefficient (Wildman–Crippen LogP) is 2.79. The number of hydrogen-bond donors (Lipinski definition) is 2. The summed E-state index contributed by atoms with van der Waals surface area (Å²) in [6.07, 6.45) is 0.774. The number of halogens is 1. The molecule has 2 N–H and O–H groups in total. The van der Waals surface area contributed by atoms with Crippen molar-refractivity contribution in [3.05, 3.63) is 29.0 Å². The highest BCUT2D eigenvalue weighted by Gasteiger charge is 2.12. The van der Waals surface area contributed by atoms with Gasteiger partial charge in [0, 0.05) is 10.9 Å². The number of H-pyrrole nitrogens is 1. The van der Waals surface area contributed by atoms with Gasteiger partial charge in [-0.1, -0.05) is 30.0 Å². The van der Waals surface area contributed by atoms with Crippen LogP contribution in [0.5, 0.6) is 0 Å². The van der Waals surface area contributed by atoms with Crippen molar-refractivity contribution in [3.8, 4) is 0 Å². The van der Waals surface area contributed by atoms with Crippen molar-refractivity contribution in [2.45, 2.75) is 18.5 Å². The van der Waals surface area contributed by atoms with E-state index in [2.05, 4.69) is 35.7 Å². The molecule has 0 atom stereocenters. The summed E-state index contributed by atoms with van der Waals surface area (Å²) in [7, 11) is 0. The molecular weight excluding hydrogens is 377 g/mol. The number of nitrogens with one attached hydrogen (secondary N) is 2. The summed E-state index contributed by atoms with van der Waals surface area (Å²) in [5.41, 5.74) is 1.72. The van der Waals surface area contributed by atoms with Crippen LogP contribution < -0.4 is 5.32 Å². The van der Waals surface area contributed by atoms with E-state index >= 15 is 0 Å². The van der Waals surface area contributed by atoms with Gasteiger partial charge >= 0.3 is 0 Å². The molecule has 0 bridgehead atoms. The van der Waals surface area contributed by atoms with E-state index in [4.69, 9.17) is 0 Å². The average molecular weight is 389 g/mol. The lowest BCUT2D eigenvalue weighted by Crippen LogP contribution is -2.14. The highest BCUT2D eigenvalue weighted by atomic mass is 32.2. The molecule has 8 nitrogen and oxygen atoms in total. The van der Waals surface area contributed by atoms with Crippen molar-refractivity contribution in [2.75, 3.05) is 11.1 Å². The lowest BCUT2D eigenvalue weighted by molar-refractivity contribution is -0.113.